The van der Waals surface area contributed by atoms with E-state index >= 15 is 0 Å². The number of rotatable bonds is 6. The smallest absolute Gasteiger partial charge is 0.0954 e. The van der Waals surface area contributed by atoms with Crippen molar-refractivity contribution in [1.82, 2.24) is 10.3 Å². The molecule has 3 rings (SSSR count). The zero-order chi connectivity index (χ0) is 12.4. The van der Waals surface area contributed by atoms with E-state index in [1.165, 1.54) is 29.0 Å². The predicted octanol–water partition coefficient (Wildman–Crippen LogP) is 3.62. The summed E-state index contributed by atoms with van der Waals surface area (Å²) in [7, 11) is 0. The van der Waals surface area contributed by atoms with Gasteiger partial charge in [-0.25, -0.2) is 4.98 Å². The van der Waals surface area contributed by atoms with Crippen LogP contribution in [0.2, 0.25) is 0 Å². The highest BCUT2D eigenvalue weighted by molar-refractivity contribution is 7.18. The summed E-state index contributed by atoms with van der Waals surface area (Å²) in [6.07, 6.45) is 5.27. The lowest BCUT2D eigenvalue weighted by Gasteiger charge is -2.15. The summed E-state index contributed by atoms with van der Waals surface area (Å²) < 4.78 is 1.31. The van der Waals surface area contributed by atoms with Gasteiger partial charge in [0.2, 0.25) is 0 Å². The molecule has 2 nitrogen and oxygen atoms in total. The molecule has 0 spiro atoms. The lowest BCUT2D eigenvalue weighted by atomic mass is 10.1. The Morgan fingerprint density at radius 2 is 2.22 bits per heavy atom. The van der Waals surface area contributed by atoms with Crippen molar-refractivity contribution < 1.29 is 0 Å². The van der Waals surface area contributed by atoms with Gasteiger partial charge in [-0.3, -0.25) is 0 Å². The summed E-state index contributed by atoms with van der Waals surface area (Å²) in [6.45, 7) is 3.25. The van der Waals surface area contributed by atoms with Crippen LogP contribution in [0.4, 0.5) is 0 Å². The fourth-order valence-corrected chi connectivity index (χ4v) is 3.55. The second kappa shape index (κ2) is 5.37. The van der Waals surface area contributed by atoms with Crippen molar-refractivity contribution in [2.45, 2.75) is 38.6 Å². The molecule has 0 bridgehead atoms. The van der Waals surface area contributed by atoms with E-state index in [9.17, 15) is 0 Å². The molecule has 0 radical (unpaired) electrons. The van der Waals surface area contributed by atoms with Gasteiger partial charge in [0.25, 0.3) is 0 Å². The third-order valence-electron chi connectivity index (χ3n) is 3.57. The molecular formula is C15H20N2S. The van der Waals surface area contributed by atoms with Crippen LogP contribution in [0.25, 0.3) is 10.2 Å². The summed E-state index contributed by atoms with van der Waals surface area (Å²) >= 11 is 1.85. The third-order valence-corrected chi connectivity index (χ3v) is 4.63. The summed E-state index contributed by atoms with van der Waals surface area (Å²) in [5.74, 6) is 0.975. The highest BCUT2D eigenvalue weighted by atomic mass is 32.1. The largest absolute Gasteiger partial charge is 0.314 e. The van der Waals surface area contributed by atoms with Crippen LogP contribution >= 0.6 is 11.3 Å². The normalized spacial score (nSPS) is 17.2. The van der Waals surface area contributed by atoms with E-state index in [1.807, 2.05) is 11.3 Å². The highest BCUT2D eigenvalue weighted by Gasteiger charge is 2.25. The third kappa shape index (κ3) is 2.90. The minimum atomic E-state index is 0.614. The minimum Gasteiger partial charge on any atom is -0.314 e. The molecule has 2 aromatic rings. The van der Waals surface area contributed by atoms with Crippen molar-refractivity contribution >= 4 is 21.6 Å². The van der Waals surface area contributed by atoms with Gasteiger partial charge in [-0.05, 0) is 31.0 Å². The van der Waals surface area contributed by atoms with Crippen LogP contribution in [0.15, 0.2) is 24.3 Å². The van der Waals surface area contributed by atoms with Gasteiger partial charge < -0.3 is 5.32 Å². The van der Waals surface area contributed by atoms with Gasteiger partial charge in [0, 0.05) is 12.5 Å². The number of thiazole rings is 1. The minimum absolute atomic E-state index is 0.614. The van der Waals surface area contributed by atoms with Gasteiger partial charge in [-0.15, -0.1) is 11.3 Å². The maximum absolute atomic E-state index is 4.74. The summed E-state index contributed by atoms with van der Waals surface area (Å²) in [5, 5.41) is 4.89. The van der Waals surface area contributed by atoms with Gasteiger partial charge in [0.15, 0.2) is 0 Å². The first-order valence-electron chi connectivity index (χ1n) is 6.93. The second-order valence-electron chi connectivity index (χ2n) is 5.21. The van der Waals surface area contributed by atoms with Crippen LogP contribution in [0.5, 0.6) is 0 Å². The number of hydrogen-bond acceptors (Lipinski definition) is 3. The zero-order valence-corrected chi connectivity index (χ0v) is 11.7. The topological polar surface area (TPSA) is 24.9 Å². The monoisotopic (exact) mass is 260 g/mol. The maximum atomic E-state index is 4.74. The van der Waals surface area contributed by atoms with Crippen LogP contribution in [0, 0.1) is 5.92 Å². The number of likely N-dealkylation sites (N-methyl/N-ethyl adjacent to an activating group) is 1. The first-order chi connectivity index (χ1) is 8.85. The number of para-hydroxylation sites is 1. The molecule has 1 aliphatic carbocycles. The van der Waals surface area contributed by atoms with Crippen molar-refractivity contribution in [3.63, 3.8) is 0 Å². The molecule has 1 saturated carbocycles. The molecule has 96 valence electrons. The first kappa shape index (κ1) is 12.1. The fraction of sp³-hybridized carbons (Fsp3) is 0.533. The van der Waals surface area contributed by atoms with Crippen LogP contribution in [-0.4, -0.2) is 17.6 Å². The van der Waals surface area contributed by atoms with Crippen molar-refractivity contribution in [3.05, 3.63) is 29.3 Å². The van der Waals surface area contributed by atoms with E-state index in [1.54, 1.807) is 0 Å². The molecule has 1 N–H and O–H groups in total. The van der Waals surface area contributed by atoms with E-state index in [4.69, 9.17) is 4.98 Å². The van der Waals surface area contributed by atoms with E-state index in [0.29, 0.717) is 6.04 Å². The molecule has 18 heavy (non-hydrogen) atoms. The molecule has 1 aromatic carbocycles. The van der Waals surface area contributed by atoms with Gasteiger partial charge in [0.1, 0.15) is 0 Å². The van der Waals surface area contributed by atoms with Crippen LogP contribution in [0.1, 0.15) is 31.2 Å². The molecule has 0 aliphatic heterocycles. The molecule has 0 saturated heterocycles. The number of hydrogen-bond donors (Lipinski definition) is 1. The highest BCUT2D eigenvalue weighted by Crippen LogP contribution is 2.34. The lowest BCUT2D eigenvalue weighted by molar-refractivity contribution is 0.465. The van der Waals surface area contributed by atoms with Crippen molar-refractivity contribution in [2.24, 2.45) is 5.92 Å². The molecule has 0 amide bonds. The Bertz CT molecular complexity index is 483. The van der Waals surface area contributed by atoms with E-state index < -0.39 is 0 Å². The fourth-order valence-electron chi connectivity index (χ4n) is 2.50. The van der Waals surface area contributed by atoms with Gasteiger partial charge in [-0.1, -0.05) is 31.9 Å². The van der Waals surface area contributed by atoms with Crippen LogP contribution < -0.4 is 5.32 Å². The van der Waals surface area contributed by atoms with Crippen molar-refractivity contribution in [3.8, 4) is 0 Å². The zero-order valence-electron chi connectivity index (χ0n) is 10.9. The average molecular weight is 260 g/mol. The Kier molecular flexibility index (Phi) is 3.62. The van der Waals surface area contributed by atoms with E-state index in [2.05, 4.69) is 36.5 Å². The van der Waals surface area contributed by atoms with E-state index in [-0.39, 0.29) is 0 Å². The summed E-state index contributed by atoms with van der Waals surface area (Å²) in [6, 6.07) is 9.05. The summed E-state index contributed by atoms with van der Waals surface area (Å²) in [4.78, 5) is 4.74. The molecule has 1 aromatic heterocycles. The summed E-state index contributed by atoms with van der Waals surface area (Å²) in [5.41, 5.74) is 1.15. The molecule has 1 heterocycles. The Hall–Kier alpha value is -0.930. The van der Waals surface area contributed by atoms with Crippen molar-refractivity contribution in [1.29, 1.82) is 0 Å². The number of aromatic nitrogens is 1. The molecular weight excluding hydrogens is 240 g/mol. The predicted molar refractivity (Wildman–Crippen MR) is 78.1 cm³/mol. The first-order valence-corrected chi connectivity index (χ1v) is 7.74. The molecule has 1 unspecified atom stereocenters. The van der Waals surface area contributed by atoms with Crippen LogP contribution in [-0.2, 0) is 6.42 Å². The van der Waals surface area contributed by atoms with Crippen molar-refractivity contribution in [2.75, 3.05) is 6.54 Å². The Morgan fingerprint density at radius 1 is 1.39 bits per heavy atom. The Balaban J connectivity index is 1.71. The second-order valence-corrected chi connectivity index (χ2v) is 6.33. The molecule has 3 heteroatoms. The number of nitrogens with one attached hydrogen (secondary N) is 1. The molecule has 1 atom stereocenters. The number of nitrogens with zero attached hydrogens (tertiary/aromatic N) is 1. The van der Waals surface area contributed by atoms with Crippen LogP contribution in [0.3, 0.4) is 0 Å². The Labute approximate surface area is 112 Å². The molecule has 1 aliphatic rings. The maximum Gasteiger partial charge on any atom is 0.0954 e. The average Bonchev–Trinajstić information content (AvgIpc) is 3.07. The SMILES string of the molecule is CCNC(Cc1nc2ccccc2s1)CC1CC1. The van der Waals surface area contributed by atoms with Gasteiger partial charge in [0.05, 0.1) is 15.2 Å². The number of fused-ring (bicyclic) bond motifs is 1. The van der Waals surface area contributed by atoms with Gasteiger partial charge >= 0.3 is 0 Å². The quantitative estimate of drug-likeness (QED) is 0.858. The van der Waals surface area contributed by atoms with Gasteiger partial charge in [-0.2, -0.15) is 0 Å². The standard InChI is InChI=1S/C15H20N2S/c1-2-16-12(9-11-7-8-11)10-15-17-13-5-3-4-6-14(13)18-15/h3-6,11-12,16H,2,7-10H2,1H3. The number of benzene rings is 1. The van der Waals surface area contributed by atoms with E-state index in [0.717, 1.165) is 24.4 Å². The lowest BCUT2D eigenvalue weighted by Crippen LogP contribution is -2.31. The molecule has 1 fully saturated rings. The Morgan fingerprint density at radius 3 is 2.94 bits per heavy atom.